The van der Waals surface area contributed by atoms with Gasteiger partial charge >= 0.3 is 5.97 Å². The Labute approximate surface area is 222 Å². The van der Waals surface area contributed by atoms with Crippen molar-refractivity contribution >= 4 is 63.6 Å². The third kappa shape index (κ3) is 5.68. The van der Waals surface area contributed by atoms with Crippen molar-refractivity contribution < 1.29 is 23.9 Å². The second-order valence-corrected chi connectivity index (χ2v) is 9.92. The molecule has 2 aliphatic heterocycles. The highest BCUT2D eigenvalue weighted by Gasteiger charge is 2.36. The summed E-state index contributed by atoms with van der Waals surface area (Å²) in [5.41, 5.74) is 0.0824. The van der Waals surface area contributed by atoms with E-state index in [1.54, 1.807) is 29.3 Å². The van der Waals surface area contributed by atoms with Crippen LogP contribution in [0.25, 0.3) is 11.7 Å². The molecule has 0 aliphatic carbocycles. The van der Waals surface area contributed by atoms with Crippen molar-refractivity contribution in [2.45, 2.75) is 25.8 Å². The maximum atomic E-state index is 13.6. The van der Waals surface area contributed by atoms with Crippen molar-refractivity contribution in [2.75, 3.05) is 44.9 Å². The van der Waals surface area contributed by atoms with E-state index in [0.29, 0.717) is 49.2 Å². The Hall–Kier alpha value is -3.29. The van der Waals surface area contributed by atoms with Crippen LogP contribution >= 0.6 is 24.0 Å². The van der Waals surface area contributed by atoms with Gasteiger partial charge in [0, 0.05) is 39.0 Å². The van der Waals surface area contributed by atoms with Gasteiger partial charge < -0.3 is 19.7 Å². The molecule has 1 N–H and O–H groups in total. The Balaban J connectivity index is 1.78. The number of nitrogens with zero attached hydrogens (tertiary/aromatic N) is 4. The number of carbonyl (C=O) groups is 3. The first-order valence-corrected chi connectivity index (χ1v) is 13.0. The topological polar surface area (TPSA) is 123 Å². The fourth-order valence-electron chi connectivity index (χ4n) is 4.14. The number of methoxy groups -OCH3 is 1. The Kier molecular flexibility index (Phi) is 8.56. The first-order chi connectivity index (χ1) is 17.8. The average molecular weight is 546 g/mol. The van der Waals surface area contributed by atoms with Gasteiger partial charge in [0.2, 0.25) is 5.91 Å². The molecule has 196 valence electrons. The fourth-order valence-corrected chi connectivity index (χ4v) is 5.43. The monoisotopic (exact) mass is 545 g/mol. The van der Waals surface area contributed by atoms with Crippen LogP contribution in [0.15, 0.2) is 34.1 Å². The van der Waals surface area contributed by atoms with Crippen molar-refractivity contribution in [1.29, 1.82) is 0 Å². The van der Waals surface area contributed by atoms with E-state index in [-0.39, 0.29) is 34.5 Å². The van der Waals surface area contributed by atoms with Crippen LogP contribution in [0.5, 0.6) is 0 Å². The highest BCUT2D eigenvalue weighted by atomic mass is 32.2. The van der Waals surface area contributed by atoms with Crippen molar-refractivity contribution in [3.63, 3.8) is 0 Å². The molecular weight excluding hydrogens is 518 g/mol. The molecule has 0 unspecified atom stereocenters. The van der Waals surface area contributed by atoms with E-state index in [9.17, 15) is 19.2 Å². The number of piperazine rings is 1. The molecule has 0 spiro atoms. The Bertz CT molecular complexity index is 1330. The molecule has 11 nitrogen and oxygen atoms in total. The summed E-state index contributed by atoms with van der Waals surface area (Å²) in [6.45, 7) is 4.00. The summed E-state index contributed by atoms with van der Waals surface area (Å²) in [4.78, 5) is 59.7. The van der Waals surface area contributed by atoms with Crippen molar-refractivity contribution in [3.05, 3.63) is 45.2 Å². The van der Waals surface area contributed by atoms with Gasteiger partial charge in [0.25, 0.3) is 11.5 Å². The molecule has 2 aromatic rings. The van der Waals surface area contributed by atoms with Crippen LogP contribution in [-0.4, -0.2) is 82.4 Å². The lowest BCUT2D eigenvalue weighted by molar-refractivity contribution is -0.143. The quantitative estimate of drug-likeness (QED) is 0.213. The van der Waals surface area contributed by atoms with Crippen molar-refractivity contribution in [2.24, 2.45) is 0 Å². The van der Waals surface area contributed by atoms with Gasteiger partial charge in [0.05, 0.1) is 24.0 Å². The molecule has 4 rings (SSSR count). The number of esters is 1. The number of ether oxygens (including phenoxy) is 2. The zero-order valence-electron chi connectivity index (χ0n) is 20.5. The van der Waals surface area contributed by atoms with Gasteiger partial charge in [-0.05, 0) is 31.6 Å². The second-order valence-electron chi connectivity index (χ2n) is 8.25. The van der Waals surface area contributed by atoms with Gasteiger partial charge in [0.1, 0.15) is 21.8 Å². The molecule has 2 aliphatic rings. The standard InChI is InChI=1S/C24H27N5O6S2/c1-3-35-12-6-10-29-23(33)17(37-24(29)36)13-15-20(26-18-7-4-5-9-28(18)22(15)32)27-11-8-25-21(31)16(27)14-19(30)34-2/h4-5,7,9,13,16H,3,6,8,10-12,14H2,1-2H3,(H,25,31)/b17-13-/t16-/m0/s1. The van der Waals surface area contributed by atoms with E-state index in [1.165, 1.54) is 22.5 Å². The van der Waals surface area contributed by atoms with Crippen LogP contribution in [0.4, 0.5) is 5.82 Å². The number of aromatic nitrogens is 2. The predicted octanol–water partition coefficient (Wildman–Crippen LogP) is 1.19. The van der Waals surface area contributed by atoms with E-state index in [1.807, 2.05) is 6.92 Å². The summed E-state index contributed by atoms with van der Waals surface area (Å²) >= 11 is 6.53. The van der Waals surface area contributed by atoms with Gasteiger partial charge in [-0.15, -0.1) is 0 Å². The van der Waals surface area contributed by atoms with Gasteiger partial charge in [-0.2, -0.15) is 0 Å². The minimum atomic E-state index is -0.931. The zero-order valence-corrected chi connectivity index (χ0v) is 22.1. The molecule has 2 fully saturated rings. The summed E-state index contributed by atoms with van der Waals surface area (Å²) in [6.07, 6.45) is 3.46. The fraction of sp³-hybridized carbons (Fsp3) is 0.417. The largest absolute Gasteiger partial charge is 0.469 e. The SMILES string of the molecule is CCOCCCN1C(=O)/C(=C/c2c(N3CCNC(=O)[C@@H]3CC(=O)OC)nc3ccccn3c2=O)SC1=S. The summed E-state index contributed by atoms with van der Waals surface area (Å²) in [6, 6.07) is 4.19. The molecule has 4 heterocycles. The molecule has 0 radical (unpaired) electrons. The first-order valence-electron chi connectivity index (χ1n) is 11.8. The van der Waals surface area contributed by atoms with Crippen LogP contribution in [0, 0.1) is 0 Å². The number of carbonyl (C=O) groups excluding carboxylic acids is 3. The minimum Gasteiger partial charge on any atom is -0.469 e. The highest BCUT2D eigenvalue weighted by molar-refractivity contribution is 8.26. The number of rotatable bonds is 9. The van der Waals surface area contributed by atoms with Crippen LogP contribution in [0.1, 0.15) is 25.3 Å². The smallest absolute Gasteiger partial charge is 0.308 e. The lowest BCUT2D eigenvalue weighted by Crippen LogP contribution is -2.57. The number of hydrogen-bond donors (Lipinski definition) is 1. The van der Waals surface area contributed by atoms with Gasteiger partial charge in [0.15, 0.2) is 0 Å². The molecule has 2 saturated heterocycles. The molecular formula is C24H27N5O6S2. The lowest BCUT2D eigenvalue weighted by atomic mass is 10.1. The van der Waals surface area contributed by atoms with Crippen LogP contribution < -0.4 is 15.8 Å². The first kappa shape index (κ1) is 26.8. The third-order valence-corrected chi connectivity index (χ3v) is 7.34. The second kappa shape index (κ2) is 11.8. The van der Waals surface area contributed by atoms with Crippen molar-refractivity contribution in [3.8, 4) is 0 Å². The molecule has 37 heavy (non-hydrogen) atoms. The van der Waals surface area contributed by atoms with E-state index >= 15 is 0 Å². The Morgan fingerprint density at radius 3 is 2.89 bits per heavy atom. The van der Waals surface area contributed by atoms with E-state index in [0.717, 1.165) is 11.8 Å². The van der Waals surface area contributed by atoms with Gasteiger partial charge in [-0.25, -0.2) is 4.98 Å². The number of nitrogens with one attached hydrogen (secondary N) is 1. The van der Waals surface area contributed by atoms with E-state index in [2.05, 4.69) is 10.3 Å². The number of anilines is 1. The Morgan fingerprint density at radius 1 is 1.32 bits per heavy atom. The van der Waals surface area contributed by atoms with Crippen molar-refractivity contribution in [1.82, 2.24) is 19.6 Å². The molecule has 1 atom stereocenters. The Morgan fingerprint density at radius 2 is 2.14 bits per heavy atom. The molecule has 0 saturated carbocycles. The zero-order chi connectivity index (χ0) is 26.5. The highest BCUT2D eigenvalue weighted by Crippen LogP contribution is 2.34. The molecule has 2 aromatic heterocycles. The molecule has 0 aromatic carbocycles. The summed E-state index contributed by atoms with van der Waals surface area (Å²) in [7, 11) is 1.25. The number of thioether (sulfide) groups is 1. The van der Waals surface area contributed by atoms with Gasteiger partial charge in [-0.1, -0.05) is 30.0 Å². The molecule has 13 heteroatoms. The predicted molar refractivity (Wildman–Crippen MR) is 143 cm³/mol. The number of amides is 2. The third-order valence-electron chi connectivity index (χ3n) is 5.96. The number of hydrogen-bond acceptors (Lipinski definition) is 10. The maximum Gasteiger partial charge on any atom is 0.308 e. The normalized spacial score (nSPS) is 19.1. The number of fused-ring (bicyclic) bond motifs is 1. The van der Waals surface area contributed by atoms with E-state index < -0.39 is 17.6 Å². The van der Waals surface area contributed by atoms with Crippen LogP contribution in [0.2, 0.25) is 0 Å². The van der Waals surface area contributed by atoms with Crippen LogP contribution in [-0.2, 0) is 23.9 Å². The maximum absolute atomic E-state index is 13.6. The molecule has 2 amide bonds. The summed E-state index contributed by atoms with van der Waals surface area (Å²) < 4.78 is 11.9. The lowest BCUT2D eigenvalue weighted by Gasteiger charge is -2.36. The minimum absolute atomic E-state index is 0.128. The van der Waals surface area contributed by atoms with Crippen LogP contribution in [0.3, 0.4) is 0 Å². The number of pyridine rings is 1. The number of thiocarbonyl (C=S) groups is 1. The van der Waals surface area contributed by atoms with Gasteiger partial charge in [-0.3, -0.25) is 28.5 Å². The molecule has 0 bridgehead atoms. The summed E-state index contributed by atoms with van der Waals surface area (Å²) in [5, 5.41) is 2.75. The summed E-state index contributed by atoms with van der Waals surface area (Å²) in [5.74, 6) is -1.05. The van der Waals surface area contributed by atoms with E-state index in [4.69, 9.17) is 21.7 Å². The average Bonchev–Trinajstić information content (AvgIpc) is 3.16.